The molecule has 0 fully saturated rings. The molecule has 0 spiro atoms. The van der Waals surface area contributed by atoms with E-state index in [0.717, 1.165) is 11.1 Å². The molecule has 0 aliphatic carbocycles. The van der Waals surface area contributed by atoms with Gasteiger partial charge >= 0.3 is 6.09 Å². The van der Waals surface area contributed by atoms with Crippen LogP contribution in [0, 0.1) is 0 Å². The third kappa shape index (κ3) is 5.10. The van der Waals surface area contributed by atoms with Gasteiger partial charge in [-0.25, -0.2) is 4.79 Å². The fourth-order valence-electron chi connectivity index (χ4n) is 2.72. The lowest BCUT2D eigenvalue weighted by Crippen LogP contribution is -2.46. The Morgan fingerprint density at radius 2 is 1.46 bits per heavy atom. The summed E-state index contributed by atoms with van der Waals surface area (Å²) < 4.78 is 5.39. The van der Waals surface area contributed by atoms with Crippen molar-refractivity contribution in [3.8, 4) is 0 Å². The highest BCUT2D eigenvalue weighted by atomic mass is 16.6. The van der Waals surface area contributed by atoms with Gasteiger partial charge in [-0.2, -0.15) is 0 Å². The number of rotatable bonds is 5. The molecule has 3 N–H and O–H groups in total. The summed E-state index contributed by atoms with van der Waals surface area (Å²) >= 11 is 0. The van der Waals surface area contributed by atoms with Crippen molar-refractivity contribution in [2.24, 2.45) is 5.73 Å². The second-order valence-corrected chi connectivity index (χ2v) is 6.79. The number of alkyl carbamates (subject to hydrolysis) is 1. The number of nitrogens with one attached hydrogen (secondary N) is 1. The van der Waals surface area contributed by atoms with Gasteiger partial charge in [0.25, 0.3) is 0 Å². The fraction of sp³-hybridized carbons (Fsp3) is 0.350. The molecule has 0 unspecified atom stereocenters. The molecule has 0 saturated heterocycles. The second-order valence-electron chi connectivity index (χ2n) is 6.79. The Hall–Kier alpha value is -2.33. The number of nitrogens with two attached hydrogens (primary N) is 1. The minimum absolute atomic E-state index is 0.0371. The van der Waals surface area contributed by atoms with Crippen LogP contribution in [0.25, 0.3) is 0 Å². The summed E-state index contributed by atoms with van der Waals surface area (Å²) in [7, 11) is 0. The molecule has 4 nitrogen and oxygen atoms in total. The summed E-state index contributed by atoms with van der Waals surface area (Å²) in [5.41, 5.74) is 7.66. The molecule has 1 atom stereocenters. The number of ether oxygens (including phenoxy) is 1. The van der Waals surface area contributed by atoms with Gasteiger partial charge in [-0.1, -0.05) is 60.7 Å². The zero-order valence-corrected chi connectivity index (χ0v) is 14.5. The van der Waals surface area contributed by atoms with Crippen LogP contribution < -0.4 is 11.1 Å². The smallest absolute Gasteiger partial charge is 0.407 e. The molecule has 2 aromatic rings. The molecule has 0 aliphatic rings. The molecule has 24 heavy (non-hydrogen) atoms. The summed E-state index contributed by atoms with van der Waals surface area (Å²) in [6, 6.07) is 19.9. The van der Waals surface area contributed by atoms with E-state index in [2.05, 4.69) is 29.6 Å². The SMILES string of the molecule is CC(C)(C)OC(=O)N[C@H](CN)C(c1ccccc1)c1ccccc1. The maximum Gasteiger partial charge on any atom is 0.407 e. The number of hydrogen-bond acceptors (Lipinski definition) is 3. The van der Waals surface area contributed by atoms with Crippen LogP contribution in [0.15, 0.2) is 60.7 Å². The first kappa shape index (κ1) is 18.0. The zero-order valence-electron chi connectivity index (χ0n) is 14.5. The molecule has 2 rings (SSSR count). The minimum atomic E-state index is -0.543. The van der Waals surface area contributed by atoms with Gasteiger partial charge in [-0.15, -0.1) is 0 Å². The van der Waals surface area contributed by atoms with Crippen molar-refractivity contribution < 1.29 is 9.53 Å². The molecular formula is C20H26N2O2. The minimum Gasteiger partial charge on any atom is -0.444 e. The third-order valence-electron chi connectivity index (χ3n) is 3.68. The second kappa shape index (κ2) is 7.97. The van der Waals surface area contributed by atoms with E-state index in [4.69, 9.17) is 10.5 Å². The normalized spacial score (nSPS) is 12.7. The van der Waals surface area contributed by atoms with E-state index < -0.39 is 11.7 Å². The maximum atomic E-state index is 12.2. The lowest BCUT2D eigenvalue weighted by atomic mass is 9.85. The highest BCUT2D eigenvalue weighted by molar-refractivity contribution is 5.68. The summed E-state index contributed by atoms with van der Waals surface area (Å²) in [6.07, 6.45) is -0.449. The summed E-state index contributed by atoms with van der Waals surface area (Å²) in [4.78, 5) is 12.2. The van der Waals surface area contributed by atoms with E-state index in [-0.39, 0.29) is 12.0 Å². The van der Waals surface area contributed by atoms with Crippen LogP contribution in [0.3, 0.4) is 0 Å². The molecular weight excluding hydrogens is 300 g/mol. The topological polar surface area (TPSA) is 64.3 Å². The van der Waals surface area contributed by atoms with Gasteiger partial charge in [-0.05, 0) is 31.9 Å². The zero-order chi connectivity index (χ0) is 17.6. The molecule has 128 valence electrons. The summed E-state index contributed by atoms with van der Waals surface area (Å²) in [5.74, 6) is -0.0371. The molecule has 0 heterocycles. The van der Waals surface area contributed by atoms with Crippen molar-refractivity contribution in [3.63, 3.8) is 0 Å². The predicted octanol–water partition coefficient (Wildman–Crippen LogP) is 3.67. The number of benzene rings is 2. The first-order chi connectivity index (χ1) is 11.4. The van der Waals surface area contributed by atoms with Gasteiger partial charge in [0.05, 0.1) is 6.04 Å². The van der Waals surface area contributed by atoms with Crippen molar-refractivity contribution >= 4 is 6.09 Å². The number of amides is 1. The van der Waals surface area contributed by atoms with E-state index in [1.54, 1.807) is 0 Å². The Morgan fingerprint density at radius 3 is 1.83 bits per heavy atom. The molecule has 1 amide bonds. The number of carbonyl (C=O) groups is 1. The van der Waals surface area contributed by atoms with Crippen LogP contribution in [0.1, 0.15) is 37.8 Å². The first-order valence-electron chi connectivity index (χ1n) is 8.20. The average molecular weight is 326 g/mol. The molecule has 0 saturated carbocycles. The summed E-state index contributed by atoms with van der Waals surface area (Å²) in [5, 5.41) is 2.93. The summed E-state index contributed by atoms with van der Waals surface area (Å²) in [6.45, 7) is 5.84. The van der Waals surface area contributed by atoms with Crippen LogP contribution in [0.4, 0.5) is 4.79 Å². The average Bonchev–Trinajstić information content (AvgIpc) is 2.54. The fourth-order valence-corrected chi connectivity index (χ4v) is 2.72. The van der Waals surface area contributed by atoms with Crippen LogP contribution in [-0.2, 0) is 4.74 Å². The largest absolute Gasteiger partial charge is 0.444 e. The Kier molecular flexibility index (Phi) is 5.99. The van der Waals surface area contributed by atoms with Gasteiger partial charge in [0.15, 0.2) is 0 Å². The van der Waals surface area contributed by atoms with E-state index in [1.807, 2.05) is 57.2 Å². The van der Waals surface area contributed by atoms with Crippen molar-refractivity contribution in [1.82, 2.24) is 5.32 Å². The van der Waals surface area contributed by atoms with Gasteiger partial charge < -0.3 is 15.8 Å². The lowest BCUT2D eigenvalue weighted by molar-refractivity contribution is 0.0501. The highest BCUT2D eigenvalue weighted by Gasteiger charge is 2.27. The van der Waals surface area contributed by atoms with Gasteiger partial charge in [-0.3, -0.25) is 0 Å². The van der Waals surface area contributed by atoms with Crippen molar-refractivity contribution in [2.45, 2.75) is 38.3 Å². The monoisotopic (exact) mass is 326 g/mol. The van der Waals surface area contributed by atoms with Crippen LogP contribution in [0.2, 0.25) is 0 Å². The van der Waals surface area contributed by atoms with Gasteiger partial charge in [0.1, 0.15) is 5.60 Å². The van der Waals surface area contributed by atoms with E-state index in [9.17, 15) is 4.79 Å². The van der Waals surface area contributed by atoms with Gasteiger partial charge in [0, 0.05) is 12.5 Å². The van der Waals surface area contributed by atoms with Crippen molar-refractivity contribution in [1.29, 1.82) is 0 Å². The van der Waals surface area contributed by atoms with Crippen LogP contribution in [-0.4, -0.2) is 24.3 Å². The molecule has 0 aliphatic heterocycles. The van der Waals surface area contributed by atoms with Crippen molar-refractivity contribution in [2.75, 3.05) is 6.54 Å². The molecule has 4 heteroatoms. The Morgan fingerprint density at radius 1 is 1.00 bits per heavy atom. The Balaban J connectivity index is 2.29. The Bertz CT molecular complexity index is 596. The lowest BCUT2D eigenvalue weighted by Gasteiger charge is -2.29. The molecule has 0 bridgehead atoms. The number of hydrogen-bond donors (Lipinski definition) is 2. The highest BCUT2D eigenvalue weighted by Crippen LogP contribution is 2.28. The number of carbonyl (C=O) groups excluding carboxylic acids is 1. The quantitative estimate of drug-likeness (QED) is 0.881. The third-order valence-corrected chi connectivity index (χ3v) is 3.68. The van der Waals surface area contributed by atoms with E-state index >= 15 is 0 Å². The van der Waals surface area contributed by atoms with Crippen LogP contribution in [0.5, 0.6) is 0 Å². The van der Waals surface area contributed by atoms with Gasteiger partial charge in [0.2, 0.25) is 0 Å². The maximum absolute atomic E-state index is 12.2. The standard InChI is InChI=1S/C20H26N2O2/c1-20(2,3)24-19(23)22-17(14-21)18(15-10-6-4-7-11-15)16-12-8-5-9-13-16/h4-13,17-18H,14,21H2,1-3H3,(H,22,23)/t17-/m1/s1. The molecule has 0 aromatic heterocycles. The Labute approximate surface area is 144 Å². The van der Waals surface area contributed by atoms with Crippen molar-refractivity contribution in [3.05, 3.63) is 71.8 Å². The van der Waals surface area contributed by atoms with Crippen LogP contribution >= 0.6 is 0 Å². The van der Waals surface area contributed by atoms with E-state index in [0.29, 0.717) is 6.54 Å². The molecule has 0 radical (unpaired) electrons. The predicted molar refractivity (Wildman–Crippen MR) is 96.9 cm³/mol. The first-order valence-corrected chi connectivity index (χ1v) is 8.20. The molecule has 2 aromatic carbocycles. The van der Waals surface area contributed by atoms with E-state index in [1.165, 1.54) is 0 Å².